The molecule has 0 aromatic rings. The third-order valence-electron chi connectivity index (χ3n) is 4.81. The third kappa shape index (κ3) is 4.21. The molecule has 0 spiro atoms. The topological polar surface area (TPSA) is 69.7 Å². The van der Waals surface area contributed by atoms with E-state index >= 15 is 0 Å². The molecule has 0 radical (unpaired) electrons. The van der Waals surface area contributed by atoms with Gasteiger partial charge < -0.3 is 15.1 Å². The summed E-state index contributed by atoms with van der Waals surface area (Å²) in [6.45, 7) is 6.28. The summed E-state index contributed by atoms with van der Waals surface area (Å²) in [6.07, 6.45) is 3.72. The van der Waals surface area contributed by atoms with Crippen LogP contribution in [0.5, 0.6) is 0 Å². The molecule has 0 saturated carbocycles. The van der Waals surface area contributed by atoms with Crippen molar-refractivity contribution in [2.24, 2.45) is 5.92 Å². The van der Waals surface area contributed by atoms with Crippen LogP contribution in [0.1, 0.15) is 46.0 Å². The molecule has 0 aliphatic carbocycles. The molecule has 2 aliphatic heterocycles. The van der Waals surface area contributed by atoms with E-state index in [9.17, 15) is 14.4 Å². The summed E-state index contributed by atoms with van der Waals surface area (Å²) < 4.78 is 0. The fourth-order valence-corrected chi connectivity index (χ4v) is 3.27. The molecule has 0 bridgehead atoms. The van der Waals surface area contributed by atoms with Gasteiger partial charge in [-0.3, -0.25) is 14.4 Å². The molecule has 2 fully saturated rings. The zero-order valence-electron chi connectivity index (χ0n) is 13.6. The normalized spacial score (nSPS) is 20.8. The summed E-state index contributed by atoms with van der Waals surface area (Å²) in [5.41, 5.74) is 0. The molecule has 0 unspecified atom stereocenters. The second-order valence-corrected chi connectivity index (χ2v) is 6.30. The number of amides is 3. The van der Waals surface area contributed by atoms with Crippen molar-refractivity contribution in [3.63, 3.8) is 0 Å². The Labute approximate surface area is 132 Å². The van der Waals surface area contributed by atoms with Crippen LogP contribution in [0.3, 0.4) is 0 Å². The van der Waals surface area contributed by atoms with Crippen molar-refractivity contribution in [3.05, 3.63) is 0 Å². The van der Waals surface area contributed by atoms with E-state index in [1.165, 1.54) is 0 Å². The molecule has 2 rings (SSSR count). The lowest BCUT2D eigenvalue weighted by atomic mass is 9.94. The van der Waals surface area contributed by atoms with Crippen molar-refractivity contribution >= 4 is 17.7 Å². The number of carbonyl (C=O) groups is 3. The largest absolute Gasteiger partial charge is 0.353 e. The molecule has 0 atom stereocenters. The van der Waals surface area contributed by atoms with Crippen LogP contribution in [0, 0.1) is 5.92 Å². The smallest absolute Gasteiger partial charge is 0.223 e. The lowest BCUT2D eigenvalue weighted by Crippen LogP contribution is -2.49. The molecule has 22 heavy (non-hydrogen) atoms. The zero-order chi connectivity index (χ0) is 16.1. The minimum Gasteiger partial charge on any atom is -0.353 e. The van der Waals surface area contributed by atoms with Gasteiger partial charge in [0.25, 0.3) is 0 Å². The predicted octanol–water partition coefficient (Wildman–Crippen LogP) is 0.762. The molecule has 6 heteroatoms. The minimum absolute atomic E-state index is 0.0194. The zero-order valence-corrected chi connectivity index (χ0v) is 13.6. The first-order valence-electron chi connectivity index (χ1n) is 8.35. The summed E-state index contributed by atoms with van der Waals surface area (Å²) in [4.78, 5) is 38.9. The number of nitrogens with one attached hydrogen (secondary N) is 1. The van der Waals surface area contributed by atoms with Crippen LogP contribution in [0.15, 0.2) is 0 Å². The molecule has 1 N–H and O–H groups in total. The Bertz CT molecular complexity index is 422. The van der Waals surface area contributed by atoms with Gasteiger partial charge in [-0.2, -0.15) is 0 Å². The van der Waals surface area contributed by atoms with Crippen LogP contribution in [0.2, 0.25) is 0 Å². The summed E-state index contributed by atoms with van der Waals surface area (Å²) in [5, 5.41) is 3.13. The molecular weight excluding hydrogens is 282 g/mol. The monoisotopic (exact) mass is 309 g/mol. The lowest BCUT2D eigenvalue weighted by molar-refractivity contribution is -0.135. The van der Waals surface area contributed by atoms with Crippen LogP contribution in [0.4, 0.5) is 0 Å². The van der Waals surface area contributed by atoms with Gasteiger partial charge in [-0.05, 0) is 25.7 Å². The molecule has 2 aliphatic rings. The second kappa shape index (κ2) is 7.61. The highest BCUT2D eigenvalue weighted by atomic mass is 16.2. The maximum atomic E-state index is 12.3. The summed E-state index contributed by atoms with van der Waals surface area (Å²) in [7, 11) is 0. The van der Waals surface area contributed by atoms with E-state index in [0.29, 0.717) is 19.5 Å². The van der Waals surface area contributed by atoms with E-state index in [-0.39, 0.29) is 29.7 Å². The second-order valence-electron chi connectivity index (χ2n) is 6.30. The van der Waals surface area contributed by atoms with Gasteiger partial charge in [0.15, 0.2) is 0 Å². The maximum absolute atomic E-state index is 12.3. The van der Waals surface area contributed by atoms with Gasteiger partial charge in [0.05, 0.1) is 0 Å². The van der Waals surface area contributed by atoms with Gasteiger partial charge in [-0.15, -0.1) is 0 Å². The summed E-state index contributed by atoms with van der Waals surface area (Å²) >= 11 is 0. The standard InChI is InChI=1S/C16H27N3O3/c1-3-15(21)19-10-6-14(7-11-19)17-16(22)13-4-8-18(9-5-13)12(2)20/h13-14H,3-11H2,1-2H3,(H,17,22). The molecule has 6 nitrogen and oxygen atoms in total. The first-order chi connectivity index (χ1) is 10.5. The Hall–Kier alpha value is -1.59. The number of nitrogens with zero attached hydrogens (tertiary/aromatic N) is 2. The van der Waals surface area contributed by atoms with Gasteiger partial charge in [-0.1, -0.05) is 6.92 Å². The van der Waals surface area contributed by atoms with Crippen LogP contribution in [0.25, 0.3) is 0 Å². The van der Waals surface area contributed by atoms with Crippen molar-refractivity contribution in [1.29, 1.82) is 0 Å². The van der Waals surface area contributed by atoms with Crippen molar-refractivity contribution in [3.8, 4) is 0 Å². The van der Waals surface area contributed by atoms with E-state index in [2.05, 4.69) is 5.32 Å². The van der Waals surface area contributed by atoms with E-state index in [1.807, 2.05) is 11.8 Å². The van der Waals surface area contributed by atoms with Crippen molar-refractivity contribution in [2.75, 3.05) is 26.2 Å². The SMILES string of the molecule is CCC(=O)N1CCC(NC(=O)C2CCN(C(C)=O)CC2)CC1. The Morgan fingerprint density at radius 1 is 0.955 bits per heavy atom. The van der Waals surface area contributed by atoms with Crippen molar-refractivity contribution in [2.45, 2.75) is 52.0 Å². The highest BCUT2D eigenvalue weighted by Crippen LogP contribution is 2.19. The highest BCUT2D eigenvalue weighted by molar-refractivity contribution is 5.80. The Morgan fingerprint density at radius 2 is 1.50 bits per heavy atom. The van der Waals surface area contributed by atoms with Crippen molar-refractivity contribution < 1.29 is 14.4 Å². The van der Waals surface area contributed by atoms with E-state index < -0.39 is 0 Å². The maximum Gasteiger partial charge on any atom is 0.223 e. The molecular formula is C16H27N3O3. The number of carbonyl (C=O) groups excluding carboxylic acids is 3. The van der Waals surface area contributed by atoms with E-state index in [1.54, 1.807) is 11.8 Å². The highest BCUT2D eigenvalue weighted by Gasteiger charge is 2.29. The number of rotatable bonds is 3. The summed E-state index contributed by atoms with van der Waals surface area (Å²) in [6, 6.07) is 0.180. The first-order valence-corrected chi connectivity index (χ1v) is 8.35. The van der Waals surface area contributed by atoms with Crippen LogP contribution >= 0.6 is 0 Å². The molecule has 0 aromatic heterocycles. The Kier molecular flexibility index (Phi) is 5.80. The van der Waals surface area contributed by atoms with Crippen LogP contribution < -0.4 is 5.32 Å². The summed E-state index contributed by atoms with van der Waals surface area (Å²) in [5.74, 6) is 0.419. The van der Waals surface area contributed by atoms with Gasteiger partial charge in [0, 0.05) is 51.5 Å². The van der Waals surface area contributed by atoms with E-state index in [4.69, 9.17) is 0 Å². The van der Waals surface area contributed by atoms with Crippen molar-refractivity contribution in [1.82, 2.24) is 15.1 Å². The van der Waals surface area contributed by atoms with Gasteiger partial charge in [0.1, 0.15) is 0 Å². The molecule has 124 valence electrons. The molecule has 0 aromatic carbocycles. The predicted molar refractivity (Wildman–Crippen MR) is 83.0 cm³/mol. The average Bonchev–Trinajstić information content (AvgIpc) is 2.54. The van der Waals surface area contributed by atoms with E-state index in [0.717, 1.165) is 38.8 Å². The average molecular weight is 309 g/mol. The number of likely N-dealkylation sites (tertiary alicyclic amines) is 2. The fraction of sp³-hybridized carbons (Fsp3) is 0.812. The van der Waals surface area contributed by atoms with Crippen LogP contribution in [-0.2, 0) is 14.4 Å². The quantitative estimate of drug-likeness (QED) is 0.837. The number of hydrogen-bond acceptors (Lipinski definition) is 3. The van der Waals surface area contributed by atoms with Gasteiger partial charge in [-0.25, -0.2) is 0 Å². The van der Waals surface area contributed by atoms with Crippen LogP contribution in [-0.4, -0.2) is 59.7 Å². The Morgan fingerprint density at radius 3 is 2.00 bits per heavy atom. The van der Waals surface area contributed by atoms with Gasteiger partial charge >= 0.3 is 0 Å². The minimum atomic E-state index is 0.0194. The third-order valence-corrected chi connectivity index (χ3v) is 4.81. The van der Waals surface area contributed by atoms with Gasteiger partial charge in [0.2, 0.25) is 17.7 Å². The molecule has 2 heterocycles. The molecule has 2 saturated heterocycles. The first kappa shape index (κ1) is 16.8. The fourth-order valence-electron chi connectivity index (χ4n) is 3.27. The lowest BCUT2D eigenvalue weighted by Gasteiger charge is -2.34. The number of hydrogen-bond donors (Lipinski definition) is 1. The number of piperidine rings is 2. The Balaban J connectivity index is 1.72. The molecule has 3 amide bonds.